The summed E-state index contributed by atoms with van der Waals surface area (Å²) in [6.07, 6.45) is 1.10. The van der Waals surface area contributed by atoms with Gasteiger partial charge in [0.05, 0.1) is 11.9 Å². The van der Waals surface area contributed by atoms with Crippen molar-refractivity contribution >= 4 is 29.3 Å². The topological polar surface area (TPSA) is 108 Å². The maximum absolute atomic E-state index is 11.3. The molecule has 0 aromatic heterocycles. The quantitative estimate of drug-likeness (QED) is 0.212. The molecule has 0 saturated heterocycles. The number of hydrogen-bond donors (Lipinski definition) is 4. The predicted molar refractivity (Wildman–Crippen MR) is 62.5 cm³/mol. The molecule has 6 nitrogen and oxygen atoms in total. The van der Waals surface area contributed by atoms with Crippen LogP contribution in [0, 0.1) is 5.41 Å². The van der Waals surface area contributed by atoms with Gasteiger partial charge in [-0.15, -0.1) is 11.6 Å². The Morgan fingerprint density at radius 1 is 1.50 bits per heavy atom. The highest BCUT2D eigenvalue weighted by molar-refractivity contribution is 6.28. The first-order valence-corrected chi connectivity index (χ1v) is 5.44. The molecule has 0 spiro atoms. The van der Waals surface area contributed by atoms with E-state index in [1.54, 1.807) is 0 Å². The number of nitrogens with one attached hydrogen (secondary N) is 3. The number of guanidine groups is 1. The van der Waals surface area contributed by atoms with Crippen molar-refractivity contribution in [2.75, 3.05) is 12.4 Å². The summed E-state index contributed by atoms with van der Waals surface area (Å²) in [4.78, 5) is 22.2. The van der Waals surface area contributed by atoms with Crippen LogP contribution in [-0.2, 0) is 9.59 Å². The van der Waals surface area contributed by atoms with Gasteiger partial charge in [-0.05, 0) is 12.8 Å². The van der Waals surface area contributed by atoms with E-state index in [1.165, 1.54) is 6.92 Å². The van der Waals surface area contributed by atoms with Crippen molar-refractivity contribution < 1.29 is 9.59 Å². The highest BCUT2D eigenvalue weighted by atomic mass is 35.5. The zero-order valence-corrected chi connectivity index (χ0v) is 9.93. The fourth-order valence-corrected chi connectivity index (χ4v) is 1.37. The fourth-order valence-electron chi connectivity index (χ4n) is 1.18. The van der Waals surface area contributed by atoms with E-state index in [2.05, 4.69) is 10.6 Å². The molecule has 5 N–H and O–H groups in total. The minimum Gasteiger partial charge on any atom is -0.370 e. The highest BCUT2D eigenvalue weighted by Gasteiger charge is 2.17. The Balaban J connectivity index is 3.97. The van der Waals surface area contributed by atoms with Gasteiger partial charge in [-0.25, -0.2) is 0 Å². The molecule has 0 heterocycles. The molecule has 0 rings (SSSR count). The van der Waals surface area contributed by atoms with Crippen LogP contribution in [0.4, 0.5) is 0 Å². The van der Waals surface area contributed by atoms with Crippen molar-refractivity contribution in [3.63, 3.8) is 0 Å². The summed E-state index contributed by atoms with van der Waals surface area (Å²) in [7, 11) is 0. The third kappa shape index (κ3) is 7.05. The first kappa shape index (κ1) is 14.7. The van der Waals surface area contributed by atoms with Crippen molar-refractivity contribution in [1.82, 2.24) is 10.6 Å². The molecule has 0 radical (unpaired) electrons. The number of carbonyl (C=O) groups excluding carboxylic acids is 2. The zero-order chi connectivity index (χ0) is 12.6. The largest absolute Gasteiger partial charge is 0.370 e. The van der Waals surface area contributed by atoms with Crippen LogP contribution in [0.15, 0.2) is 0 Å². The lowest BCUT2D eigenvalue weighted by Gasteiger charge is -2.15. The second-order valence-corrected chi connectivity index (χ2v) is 3.60. The van der Waals surface area contributed by atoms with Crippen molar-refractivity contribution in [3.05, 3.63) is 0 Å². The summed E-state index contributed by atoms with van der Waals surface area (Å²) in [5.41, 5.74) is 5.09. The molecule has 0 aromatic carbocycles. The van der Waals surface area contributed by atoms with Crippen LogP contribution < -0.4 is 16.4 Å². The molecule has 1 unspecified atom stereocenters. The molecular weight excluding hydrogens is 232 g/mol. The Hall–Kier alpha value is -1.30. The van der Waals surface area contributed by atoms with Crippen LogP contribution in [0.1, 0.15) is 19.8 Å². The number of amides is 1. The third-order valence-corrected chi connectivity index (χ3v) is 2.15. The Morgan fingerprint density at radius 3 is 2.56 bits per heavy atom. The molecule has 1 amide bonds. The Morgan fingerprint density at radius 2 is 2.12 bits per heavy atom. The molecule has 7 heteroatoms. The number of ketones is 1. The van der Waals surface area contributed by atoms with Crippen molar-refractivity contribution in [2.45, 2.75) is 25.8 Å². The van der Waals surface area contributed by atoms with Gasteiger partial charge in [0.25, 0.3) is 0 Å². The van der Waals surface area contributed by atoms with Crippen LogP contribution in [0.5, 0.6) is 0 Å². The van der Waals surface area contributed by atoms with E-state index in [4.69, 9.17) is 22.7 Å². The van der Waals surface area contributed by atoms with Crippen LogP contribution in [0.25, 0.3) is 0 Å². The minimum absolute atomic E-state index is 0.111. The third-order valence-electron chi connectivity index (χ3n) is 1.88. The Labute approximate surface area is 99.4 Å². The molecule has 92 valence electrons. The molecule has 16 heavy (non-hydrogen) atoms. The van der Waals surface area contributed by atoms with Gasteiger partial charge in [-0.3, -0.25) is 15.0 Å². The molecular formula is C9H17ClN4O2. The minimum atomic E-state index is -0.552. The van der Waals surface area contributed by atoms with Crippen LogP contribution in [-0.4, -0.2) is 36.1 Å². The van der Waals surface area contributed by atoms with Gasteiger partial charge >= 0.3 is 0 Å². The lowest BCUT2D eigenvalue weighted by molar-refractivity contribution is -0.125. The fraction of sp³-hybridized carbons (Fsp3) is 0.667. The monoisotopic (exact) mass is 248 g/mol. The summed E-state index contributed by atoms with van der Waals surface area (Å²) < 4.78 is 0. The second kappa shape index (κ2) is 7.92. The zero-order valence-electron chi connectivity index (χ0n) is 9.18. The molecule has 0 aliphatic carbocycles. The van der Waals surface area contributed by atoms with Crippen molar-refractivity contribution in [3.8, 4) is 0 Å². The van der Waals surface area contributed by atoms with Gasteiger partial charge < -0.3 is 16.4 Å². The van der Waals surface area contributed by atoms with Gasteiger partial charge in [0, 0.05) is 13.5 Å². The number of nitrogens with two attached hydrogens (primary N) is 1. The van der Waals surface area contributed by atoms with Crippen molar-refractivity contribution in [2.24, 2.45) is 5.73 Å². The summed E-state index contributed by atoms with van der Waals surface area (Å²) in [6.45, 7) is 1.84. The van der Waals surface area contributed by atoms with E-state index in [1.807, 2.05) is 0 Å². The first-order valence-electron chi connectivity index (χ1n) is 4.91. The van der Waals surface area contributed by atoms with Gasteiger partial charge in [-0.1, -0.05) is 0 Å². The van der Waals surface area contributed by atoms with E-state index in [-0.39, 0.29) is 23.5 Å². The molecule has 0 aromatic rings. The number of rotatable bonds is 7. The van der Waals surface area contributed by atoms with Gasteiger partial charge in [-0.2, -0.15) is 0 Å². The molecule has 0 aliphatic heterocycles. The van der Waals surface area contributed by atoms with Gasteiger partial charge in [0.2, 0.25) is 5.91 Å². The normalized spacial score (nSPS) is 11.6. The summed E-state index contributed by atoms with van der Waals surface area (Å²) in [5.74, 6) is -0.701. The SMILES string of the molecule is CC(=O)NC(CCCNC(=N)N)C(=O)CCl. The summed E-state index contributed by atoms with van der Waals surface area (Å²) >= 11 is 5.42. The van der Waals surface area contributed by atoms with E-state index in [0.717, 1.165) is 0 Å². The average Bonchev–Trinajstić information content (AvgIpc) is 2.20. The molecule has 0 aliphatic rings. The van der Waals surface area contributed by atoms with E-state index < -0.39 is 6.04 Å². The van der Waals surface area contributed by atoms with E-state index >= 15 is 0 Å². The van der Waals surface area contributed by atoms with Crippen LogP contribution in [0.2, 0.25) is 0 Å². The van der Waals surface area contributed by atoms with E-state index in [9.17, 15) is 9.59 Å². The number of halogens is 1. The Bertz CT molecular complexity index is 270. The standard InChI is InChI=1S/C9H17ClN4O2/c1-6(15)14-7(8(16)5-10)3-2-4-13-9(11)12/h7H,2-5H2,1H3,(H,14,15)(H4,11,12,13). The van der Waals surface area contributed by atoms with Crippen LogP contribution >= 0.6 is 11.6 Å². The first-order chi connectivity index (χ1) is 7.47. The maximum Gasteiger partial charge on any atom is 0.217 e. The second-order valence-electron chi connectivity index (χ2n) is 3.34. The molecule has 0 fully saturated rings. The van der Waals surface area contributed by atoms with Crippen molar-refractivity contribution in [1.29, 1.82) is 5.41 Å². The molecule has 0 bridgehead atoms. The summed E-state index contributed by atoms with van der Waals surface area (Å²) in [6, 6.07) is -0.552. The smallest absolute Gasteiger partial charge is 0.217 e. The molecule has 1 atom stereocenters. The molecule has 0 saturated carbocycles. The number of carbonyl (C=O) groups is 2. The number of hydrogen-bond acceptors (Lipinski definition) is 3. The van der Waals surface area contributed by atoms with Gasteiger partial charge in [0.1, 0.15) is 0 Å². The lowest BCUT2D eigenvalue weighted by atomic mass is 10.1. The van der Waals surface area contributed by atoms with Gasteiger partial charge in [0.15, 0.2) is 11.7 Å². The average molecular weight is 249 g/mol. The number of Topliss-reactive ketones (excluding diaryl/α,β-unsaturated/α-hetero) is 1. The van der Waals surface area contributed by atoms with E-state index in [0.29, 0.717) is 19.4 Å². The lowest BCUT2D eigenvalue weighted by Crippen LogP contribution is -2.41. The Kier molecular flexibility index (Phi) is 7.28. The number of alkyl halides is 1. The maximum atomic E-state index is 11.3. The summed E-state index contributed by atoms with van der Waals surface area (Å²) in [5, 5.41) is 12.1. The highest BCUT2D eigenvalue weighted by Crippen LogP contribution is 2.00. The predicted octanol–water partition coefficient (Wildman–Crippen LogP) is -0.438. The van der Waals surface area contributed by atoms with Crippen LogP contribution in [0.3, 0.4) is 0 Å².